The largest absolute Gasteiger partial charge is 0.454 e. The highest BCUT2D eigenvalue weighted by Gasteiger charge is 2.21. The van der Waals surface area contributed by atoms with Crippen LogP contribution in [0, 0.1) is 0 Å². The molecule has 3 rings (SSSR count). The van der Waals surface area contributed by atoms with Crippen molar-refractivity contribution in [2.45, 2.75) is 19.6 Å². The van der Waals surface area contributed by atoms with E-state index in [0.717, 1.165) is 5.56 Å². The van der Waals surface area contributed by atoms with E-state index in [1.165, 1.54) is 19.2 Å². The summed E-state index contributed by atoms with van der Waals surface area (Å²) in [6.45, 7) is 1.94. The van der Waals surface area contributed by atoms with Gasteiger partial charge in [-0.15, -0.1) is 0 Å². The molecule has 1 aliphatic heterocycles. The van der Waals surface area contributed by atoms with Gasteiger partial charge in [-0.05, 0) is 36.8 Å². The zero-order valence-electron chi connectivity index (χ0n) is 13.3. The van der Waals surface area contributed by atoms with Crippen LogP contribution in [-0.4, -0.2) is 29.8 Å². The van der Waals surface area contributed by atoms with Crippen molar-refractivity contribution >= 4 is 23.5 Å². The number of carbonyl (C=O) groups excluding carboxylic acids is 2. The van der Waals surface area contributed by atoms with Crippen LogP contribution in [0.1, 0.15) is 22.8 Å². The first-order valence-electron chi connectivity index (χ1n) is 7.52. The molecule has 1 atom stereocenters. The minimum absolute atomic E-state index is 0.0282. The van der Waals surface area contributed by atoms with Crippen LogP contribution in [0.4, 0.5) is 0 Å². The first kappa shape index (κ1) is 17.0. The van der Waals surface area contributed by atoms with Crippen molar-refractivity contribution in [3.8, 4) is 11.5 Å². The molecular formula is C17H15ClN2O5. The van der Waals surface area contributed by atoms with E-state index in [-0.39, 0.29) is 24.1 Å². The second kappa shape index (κ2) is 7.40. The quantitative estimate of drug-likeness (QED) is 0.649. The van der Waals surface area contributed by atoms with Gasteiger partial charge in [0.05, 0.1) is 5.56 Å². The predicted octanol–water partition coefficient (Wildman–Crippen LogP) is 2.33. The minimum atomic E-state index is -0.974. The highest BCUT2D eigenvalue weighted by molar-refractivity contribution is 6.32. The Labute approximate surface area is 148 Å². The third-order valence-electron chi connectivity index (χ3n) is 3.54. The van der Waals surface area contributed by atoms with Gasteiger partial charge in [-0.1, -0.05) is 17.7 Å². The summed E-state index contributed by atoms with van der Waals surface area (Å²) in [5.41, 5.74) is 0.950. The number of hydrogen-bond donors (Lipinski definition) is 1. The zero-order valence-corrected chi connectivity index (χ0v) is 14.1. The Bertz CT molecular complexity index is 811. The molecule has 1 N–H and O–H groups in total. The lowest BCUT2D eigenvalue weighted by Gasteiger charge is -2.14. The number of nitrogens with zero attached hydrogens (tertiary/aromatic N) is 1. The van der Waals surface area contributed by atoms with Gasteiger partial charge < -0.3 is 19.5 Å². The van der Waals surface area contributed by atoms with Crippen molar-refractivity contribution < 1.29 is 23.8 Å². The lowest BCUT2D eigenvalue weighted by molar-refractivity contribution is -0.129. The Kier molecular flexibility index (Phi) is 5.04. The normalized spacial score (nSPS) is 13.2. The van der Waals surface area contributed by atoms with E-state index < -0.39 is 18.0 Å². The molecule has 0 spiro atoms. The molecule has 130 valence electrons. The summed E-state index contributed by atoms with van der Waals surface area (Å²) in [7, 11) is 0. The van der Waals surface area contributed by atoms with E-state index in [1.54, 1.807) is 18.2 Å². The summed E-state index contributed by atoms with van der Waals surface area (Å²) in [5.74, 6) is 0.179. The number of esters is 1. The van der Waals surface area contributed by atoms with Crippen molar-refractivity contribution in [3.63, 3.8) is 0 Å². The maximum absolute atomic E-state index is 12.1. The number of rotatable bonds is 5. The Morgan fingerprint density at radius 3 is 2.92 bits per heavy atom. The van der Waals surface area contributed by atoms with Crippen LogP contribution in [0.3, 0.4) is 0 Å². The van der Waals surface area contributed by atoms with Gasteiger partial charge in [-0.3, -0.25) is 4.79 Å². The highest BCUT2D eigenvalue weighted by Crippen LogP contribution is 2.32. The number of nitrogens with one attached hydrogen (secondary N) is 1. The van der Waals surface area contributed by atoms with Crippen LogP contribution in [0.2, 0.25) is 5.15 Å². The van der Waals surface area contributed by atoms with Crippen LogP contribution >= 0.6 is 11.6 Å². The summed E-state index contributed by atoms with van der Waals surface area (Å²) in [5, 5.41) is 2.73. The molecule has 2 aromatic rings. The number of benzene rings is 1. The van der Waals surface area contributed by atoms with Gasteiger partial charge in [-0.2, -0.15) is 0 Å². The Balaban J connectivity index is 1.54. The first-order valence-corrected chi connectivity index (χ1v) is 7.90. The molecular weight excluding hydrogens is 348 g/mol. The summed E-state index contributed by atoms with van der Waals surface area (Å²) < 4.78 is 15.6. The van der Waals surface area contributed by atoms with Crippen LogP contribution in [-0.2, 0) is 16.1 Å². The van der Waals surface area contributed by atoms with E-state index in [2.05, 4.69) is 10.3 Å². The van der Waals surface area contributed by atoms with E-state index in [1.807, 2.05) is 6.07 Å². The van der Waals surface area contributed by atoms with Crippen molar-refractivity contribution in [2.24, 2.45) is 0 Å². The van der Waals surface area contributed by atoms with Gasteiger partial charge in [0.25, 0.3) is 5.91 Å². The first-order chi connectivity index (χ1) is 12.0. The number of aromatic nitrogens is 1. The highest BCUT2D eigenvalue weighted by atomic mass is 35.5. The van der Waals surface area contributed by atoms with Crippen molar-refractivity contribution in [1.82, 2.24) is 10.3 Å². The zero-order chi connectivity index (χ0) is 17.8. The predicted molar refractivity (Wildman–Crippen MR) is 88.5 cm³/mol. The van der Waals surface area contributed by atoms with Gasteiger partial charge in [0.2, 0.25) is 6.79 Å². The Morgan fingerprint density at radius 1 is 1.32 bits per heavy atom. The monoisotopic (exact) mass is 362 g/mol. The molecule has 7 nitrogen and oxygen atoms in total. The van der Waals surface area contributed by atoms with Gasteiger partial charge >= 0.3 is 5.97 Å². The lowest BCUT2D eigenvalue weighted by Crippen LogP contribution is -2.35. The maximum Gasteiger partial charge on any atom is 0.342 e. The van der Waals surface area contributed by atoms with Gasteiger partial charge in [0, 0.05) is 12.7 Å². The lowest BCUT2D eigenvalue weighted by atomic mass is 10.2. The molecule has 25 heavy (non-hydrogen) atoms. The van der Waals surface area contributed by atoms with Crippen molar-refractivity contribution in [3.05, 3.63) is 52.8 Å². The molecule has 0 bridgehead atoms. The minimum Gasteiger partial charge on any atom is -0.454 e. The maximum atomic E-state index is 12.1. The summed E-state index contributed by atoms with van der Waals surface area (Å²) in [4.78, 5) is 27.9. The van der Waals surface area contributed by atoms with E-state index >= 15 is 0 Å². The molecule has 0 radical (unpaired) electrons. The standard InChI is InChI=1S/C17H15ClN2O5/c1-10(25-17(22)12-3-2-6-19-15(12)18)16(21)20-8-11-4-5-13-14(7-11)24-9-23-13/h2-7,10H,8-9H2,1H3,(H,20,21)/t10-/m0/s1. The fraction of sp³-hybridized carbons (Fsp3) is 0.235. The fourth-order valence-corrected chi connectivity index (χ4v) is 2.40. The second-order valence-corrected chi connectivity index (χ2v) is 5.65. The molecule has 8 heteroatoms. The number of hydrogen-bond acceptors (Lipinski definition) is 6. The third kappa shape index (κ3) is 4.00. The molecule has 1 aromatic heterocycles. The average molecular weight is 363 g/mol. The van der Waals surface area contributed by atoms with Crippen LogP contribution in [0.5, 0.6) is 11.5 Å². The van der Waals surface area contributed by atoms with Crippen LogP contribution < -0.4 is 14.8 Å². The molecule has 0 saturated heterocycles. The summed E-state index contributed by atoms with van der Waals surface area (Å²) >= 11 is 5.84. The number of pyridine rings is 1. The Morgan fingerprint density at radius 2 is 2.12 bits per heavy atom. The molecule has 2 heterocycles. The second-order valence-electron chi connectivity index (χ2n) is 5.29. The van der Waals surface area contributed by atoms with Gasteiger partial charge in [0.1, 0.15) is 5.15 Å². The van der Waals surface area contributed by atoms with Crippen LogP contribution in [0.15, 0.2) is 36.5 Å². The summed E-state index contributed by atoms with van der Waals surface area (Å²) in [6, 6.07) is 8.42. The number of fused-ring (bicyclic) bond motifs is 1. The number of amides is 1. The third-order valence-corrected chi connectivity index (χ3v) is 3.84. The average Bonchev–Trinajstić information content (AvgIpc) is 3.07. The van der Waals surface area contributed by atoms with Gasteiger partial charge in [0.15, 0.2) is 17.6 Å². The van der Waals surface area contributed by atoms with Gasteiger partial charge in [-0.25, -0.2) is 9.78 Å². The molecule has 1 amide bonds. The molecule has 1 aromatic carbocycles. The van der Waals surface area contributed by atoms with E-state index in [9.17, 15) is 9.59 Å². The van der Waals surface area contributed by atoms with Crippen LogP contribution in [0.25, 0.3) is 0 Å². The molecule has 0 unspecified atom stereocenters. The molecule has 1 aliphatic rings. The fourth-order valence-electron chi connectivity index (χ4n) is 2.20. The number of halogens is 1. The summed E-state index contributed by atoms with van der Waals surface area (Å²) in [6.07, 6.45) is 0.485. The smallest absolute Gasteiger partial charge is 0.342 e. The molecule has 0 saturated carbocycles. The molecule has 0 aliphatic carbocycles. The number of carbonyl (C=O) groups is 2. The van der Waals surface area contributed by atoms with Crippen molar-refractivity contribution in [2.75, 3.05) is 6.79 Å². The Hall–Kier alpha value is -2.80. The topological polar surface area (TPSA) is 86.8 Å². The molecule has 0 fully saturated rings. The number of ether oxygens (including phenoxy) is 3. The van der Waals surface area contributed by atoms with E-state index in [4.69, 9.17) is 25.8 Å². The van der Waals surface area contributed by atoms with Crippen molar-refractivity contribution in [1.29, 1.82) is 0 Å². The van der Waals surface area contributed by atoms with E-state index in [0.29, 0.717) is 11.5 Å². The SMILES string of the molecule is C[C@H](OC(=O)c1cccnc1Cl)C(=O)NCc1ccc2c(c1)OCO2.